The fraction of sp³-hybridized carbons (Fsp3) is 0.211. The molecule has 1 fully saturated rings. The molecule has 1 amide bonds. The summed E-state index contributed by atoms with van der Waals surface area (Å²) in [6, 6.07) is 4.66. The normalized spacial score (nSPS) is 13.7. The molecule has 3 aromatic rings. The van der Waals surface area contributed by atoms with Crippen molar-refractivity contribution in [3.8, 4) is 5.75 Å². The van der Waals surface area contributed by atoms with Gasteiger partial charge in [0.1, 0.15) is 35.6 Å². The lowest BCUT2D eigenvalue weighted by atomic mass is 10.1. The fourth-order valence-electron chi connectivity index (χ4n) is 2.90. The molecule has 0 aliphatic carbocycles. The standard InChI is InChI=1S/C19H16F2N6O2/c1-11-4-16(25-10-24-11)26-19(28)17-18(23-3-2-22-17)27-8-15(9-27)29-14-6-12(20)5-13(21)7-14/h2-7,10,15H,8-9H2,1H3,(H,24,25,26,28). The van der Waals surface area contributed by atoms with Crippen molar-refractivity contribution in [2.24, 2.45) is 0 Å². The van der Waals surface area contributed by atoms with Gasteiger partial charge in [0.2, 0.25) is 0 Å². The van der Waals surface area contributed by atoms with Gasteiger partial charge < -0.3 is 15.0 Å². The van der Waals surface area contributed by atoms with E-state index in [1.807, 2.05) is 0 Å². The molecule has 0 saturated carbocycles. The smallest absolute Gasteiger partial charge is 0.279 e. The number of nitrogens with one attached hydrogen (secondary N) is 1. The zero-order chi connectivity index (χ0) is 20.4. The molecule has 148 valence electrons. The summed E-state index contributed by atoms with van der Waals surface area (Å²) in [5.74, 6) is -1.00. The minimum absolute atomic E-state index is 0.114. The van der Waals surface area contributed by atoms with Crippen LogP contribution in [0.1, 0.15) is 16.2 Å². The van der Waals surface area contributed by atoms with E-state index in [9.17, 15) is 13.6 Å². The van der Waals surface area contributed by atoms with E-state index in [1.165, 1.54) is 18.7 Å². The third-order valence-corrected chi connectivity index (χ3v) is 4.23. The summed E-state index contributed by atoms with van der Waals surface area (Å²) in [5.41, 5.74) is 0.852. The Morgan fingerprint density at radius 1 is 1.07 bits per heavy atom. The van der Waals surface area contributed by atoms with E-state index in [-0.39, 0.29) is 17.5 Å². The van der Waals surface area contributed by atoms with Crippen molar-refractivity contribution in [3.63, 3.8) is 0 Å². The number of ether oxygens (including phenoxy) is 1. The maximum absolute atomic E-state index is 13.3. The maximum atomic E-state index is 13.3. The molecule has 3 heterocycles. The third-order valence-electron chi connectivity index (χ3n) is 4.23. The summed E-state index contributed by atoms with van der Waals surface area (Å²) in [5, 5.41) is 2.67. The van der Waals surface area contributed by atoms with Crippen LogP contribution in [0, 0.1) is 18.6 Å². The lowest BCUT2D eigenvalue weighted by Gasteiger charge is -2.40. The SMILES string of the molecule is Cc1cc(NC(=O)c2nccnc2N2CC(Oc3cc(F)cc(F)c3)C2)ncn1. The Balaban J connectivity index is 1.43. The summed E-state index contributed by atoms with van der Waals surface area (Å²) in [4.78, 5) is 30.8. The van der Waals surface area contributed by atoms with Gasteiger partial charge in [0.05, 0.1) is 13.1 Å². The zero-order valence-corrected chi connectivity index (χ0v) is 15.3. The lowest BCUT2D eigenvalue weighted by molar-refractivity contribution is 0.102. The molecule has 1 N–H and O–H groups in total. The van der Waals surface area contributed by atoms with E-state index in [1.54, 1.807) is 17.9 Å². The minimum atomic E-state index is -0.705. The number of hydrogen-bond acceptors (Lipinski definition) is 7. The predicted molar refractivity (Wildman–Crippen MR) is 99.7 cm³/mol. The van der Waals surface area contributed by atoms with Gasteiger partial charge in [-0.05, 0) is 6.92 Å². The lowest BCUT2D eigenvalue weighted by Crippen LogP contribution is -2.54. The van der Waals surface area contributed by atoms with Gasteiger partial charge in [0.15, 0.2) is 11.5 Å². The number of aryl methyl sites for hydroxylation is 1. The molecule has 0 radical (unpaired) electrons. The van der Waals surface area contributed by atoms with Crippen molar-refractivity contribution in [3.05, 3.63) is 66.0 Å². The molecule has 1 aliphatic rings. The first-order valence-electron chi connectivity index (χ1n) is 8.76. The number of rotatable bonds is 5. The van der Waals surface area contributed by atoms with Crippen molar-refractivity contribution in [2.45, 2.75) is 13.0 Å². The highest BCUT2D eigenvalue weighted by atomic mass is 19.1. The van der Waals surface area contributed by atoms with Crippen LogP contribution in [0.2, 0.25) is 0 Å². The average molecular weight is 398 g/mol. The molecule has 0 bridgehead atoms. The Kier molecular flexibility index (Phi) is 4.98. The van der Waals surface area contributed by atoms with E-state index in [4.69, 9.17) is 4.74 Å². The van der Waals surface area contributed by atoms with E-state index < -0.39 is 17.5 Å². The first kappa shape index (κ1) is 18.7. The largest absolute Gasteiger partial charge is 0.487 e. The molecular weight excluding hydrogens is 382 g/mol. The van der Waals surface area contributed by atoms with Gasteiger partial charge >= 0.3 is 0 Å². The van der Waals surface area contributed by atoms with E-state index >= 15 is 0 Å². The van der Waals surface area contributed by atoms with E-state index in [0.717, 1.165) is 18.2 Å². The van der Waals surface area contributed by atoms with Crippen molar-refractivity contribution in [1.29, 1.82) is 0 Å². The average Bonchev–Trinajstić information content (AvgIpc) is 2.63. The molecule has 0 unspecified atom stereocenters. The number of carbonyl (C=O) groups excluding carboxylic acids is 1. The number of halogens is 2. The molecule has 8 nitrogen and oxygen atoms in total. The molecule has 1 saturated heterocycles. The van der Waals surface area contributed by atoms with Crippen molar-refractivity contribution in [1.82, 2.24) is 19.9 Å². The topological polar surface area (TPSA) is 93.1 Å². The summed E-state index contributed by atoms with van der Waals surface area (Å²) < 4.78 is 32.2. The number of anilines is 2. The number of nitrogens with zero attached hydrogens (tertiary/aromatic N) is 5. The quantitative estimate of drug-likeness (QED) is 0.705. The summed E-state index contributed by atoms with van der Waals surface area (Å²) in [7, 11) is 0. The summed E-state index contributed by atoms with van der Waals surface area (Å²) in [6.07, 6.45) is 3.97. The van der Waals surface area contributed by atoms with E-state index in [2.05, 4.69) is 25.3 Å². The van der Waals surface area contributed by atoms with Gasteiger partial charge in [-0.1, -0.05) is 0 Å². The van der Waals surface area contributed by atoms with Gasteiger partial charge in [-0.15, -0.1) is 0 Å². The molecule has 1 aromatic carbocycles. The Morgan fingerprint density at radius 3 is 2.52 bits per heavy atom. The van der Waals surface area contributed by atoms with Crippen molar-refractivity contribution >= 4 is 17.5 Å². The van der Waals surface area contributed by atoms with Crippen molar-refractivity contribution < 1.29 is 18.3 Å². The van der Waals surface area contributed by atoms with E-state index in [0.29, 0.717) is 30.4 Å². The molecule has 2 aromatic heterocycles. The fourth-order valence-corrected chi connectivity index (χ4v) is 2.90. The second kappa shape index (κ2) is 7.74. The number of carbonyl (C=O) groups is 1. The molecule has 1 aliphatic heterocycles. The number of amides is 1. The number of aromatic nitrogens is 4. The van der Waals surface area contributed by atoms with Crippen LogP contribution < -0.4 is 15.0 Å². The van der Waals surface area contributed by atoms with Crippen molar-refractivity contribution in [2.75, 3.05) is 23.3 Å². The van der Waals surface area contributed by atoms with Crippen LogP contribution in [0.4, 0.5) is 20.4 Å². The van der Waals surface area contributed by atoms with Gasteiger partial charge in [-0.2, -0.15) is 0 Å². The van der Waals surface area contributed by atoms with Crippen LogP contribution in [0.25, 0.3) is 0 Å². The molecule has 0 spiro atoms. The molecule has 4 rings (SSSR count). The highest BCUT2D eigenvalue weighted by Gasteiger charge is 2.33. The van der Waals surface area contributed by atoms with Crippen LogP contribution in [-0.4, -0.2) is 45.0 Å². The Labute approximate surface area is 164 Å². The molecule has 10 heteroatoms. The van der Waals surface area contributed by atoms with Gasteiger partial charge in [0, 0.05) is 42.4 Å². The zero-order valence-electron chi connectivity index (χ0n) is 15.3. The van der Waals surface area contributed by atoms with Crippen LogP contribution in [0.5, 0.6) is 5.75 Å². The van der Waals surface area contributed by atoms with Gasteiger partial charge in [0.25, 0.3) is 5.91 Å². The molecular formula is C19H16F2N6O2. The third kappa shape index (κ3) is 4.26. The van der Waals surface area contributed by atoms with Crippen LogP contribution in [-0.2, 0) is 0 Å². The van der Waals surface area contributed by atoms with Crippen LogP contribution in [0.3, 0.4) is 0 Å². The first-order valence-corrected chi connectivity index (χ1v) is 8.76. The Morgan fingerprint density at radius 2 is 1.79 bits per heavy atom. The molecule has 0 atom stereocenters. The van der Waals surface area contributed by atoms with Crippen LogP contribution in [0.15, 0.2) is 43.0 Å². The van der Waals surface area contributed by atoms with Gasteiger partial charge in [-0.3, -0.25) is 4.79 Å². The van der Waals surface area contributed by atoms with Gasteiger partial charge in [-0.25, -0.2) is 28.7 Å². The maximum Gasteiger partial charge on any atom is 0.279 e. The second-order valence-corrected chi connectivity index (χ2v) is 6.48. The predicted octanol–water partition coefficient (Wildman–Crippen LogP) is 2.37. The minimum Gasteiger partial charge on any atom is -0.487 e. The monoisotopic (exact) mass is 398 g/mol. The number of hydrogen-bond donors (Lipinski definition) is 1. The summed E-state index contributed by atoms with van der Waals surface area (Å²) in [6.45, 7) is 2.57. The molecule has 29 heavy (non-hydrogen) atoms. The second-order valence-electron chi connectivity index (χ2n) is 6.48. The summed E-state index contributed by atoms with van der Waals surface area (Å²) >= 11 is 0. The highest BCUT2D eigenvalue weighted by molar-refractivity contribution is 6.05. The first-order chi connectivity index (χ1) is 14.0. The Hall–Kier alpha value is -3.69. The van der Waals surface area contributed by atoms with Crippen LogP contribution >= 0.6 is 0 Å². The highest BCUT2D eigenvalue weighted by Crippen LogP contribution is 2.26. The number of benzene rings is 1. The Bertz CT molecular complexity index is 1040.